The molecular weight excluding hydrogens is 324 g/mol. The summed E-state index contributed by atoms with van der Waals surface area (Å²) in [7, 11) is 1.51. The number of hydrogen-bond acceptors (Lipinski definition) is 6. The minimum absolute atomic E-state index is 0.0436. The fraction of sp³-hybridized carbons (Fsp3) is 0.412. The number of anilines is 1. The average Bonchev–Trinajstić information content (AvgIpc) is 3.08. The maximum Gasteiger partial charge on any atom is 0.314 e. The number of nitrogens with zero attached hydrogens (tertiary/aromatic N) is 3. The third-order valence-corrected chi connectivity index (χ3v) is 4.15. The molecule has 0 saturated carbocycles. The number of carbonyl (C=O) groups is 2. The molecule has 2 heterocycles. The van der Waals surface area contributed by atoms with Crippen molar-refractivity contribution < 1.29 is 18.8 Å². The Hall–Kier alpha value is -2.90. The Kier molecular flexibility index (Phi) is 4.97. The highest BCUT2D eigenvalue weighted by atomic mass is 16.5. The largest absolute Gasteiger partial charge is 0.495 e. The summed E-state index contributed by atoms with van der Waals surface area (Å²) in [6.07, 6.45) is 1.62. The molecule has 1 aliphatic rings. The Bertz CT molecular complexity index is 774. The van der Waals surface area contributed by atoms with E-state index in [1.165, 1.54) is 12.0 Å². The van der Waals surface area contributed by atoms with Crippen LogP contribution in [0.2, 0.25) is 0 Å². The maximum absolute atomic E-state index is 12.5. The number of aromatic nitrogens is 2. The number of benzene rings is 1. The summed E-state index contributed by atoms with van der Waals surface area (Å²) >= 11 is 0. The van der Waals surface area contributed by atoms with Gasteiger partial charge in [0.1, 0.15) is 5.75 Å². The zero-order chi connectivity index (χ0) is 17.8. The second-order valence-corrected chi connectivity index (χ2v) is 5.92. The summed E-state index contributed by atoms with van der Waals surface area (Å²) < 4.78 is 10.4. The molecular formula is C17H20N4O4. The van der Waals surface area contributed by atoms with Gasteiger partial charge in [0.05, 0.1) is 18.7 Å². The van der Waals surface area contributed by atoms with Crippen LogP contribution in [0.15, 0.2) is 28.8 Å². The first-order valence-corrected chi connectivity index (χ1v) is 8.12. The standard InChI is InChI=1S/C17H20N4O4/c1-11-18-16(25-20-11)12-6-5-9-21(10-12)17(23)15(22)19-13-7-3-4-8-14(13)24-2/h3-4,7-8,12H,5-6,9-10H2,1-2H3,(H,19,22). The highest BCUT2D eigenvalue weighted by Gasteiger charge is 2.31. The molecule has 1 atom stereocenters. The Morgan fingerprint density at radius 1 is 1.36 bits per heavy atom. The van der Waals surface area contributed by atoms with Gasteiger partial charge in [-0.3, -0.25) is 9.59 Å². The van der Waals surface area contributed by atoms with Crippen LogP contribution in [-0.2, 0) is 9.59 Å². The van der Waals surface area contributed by atoms with Crippen molar-refractivity contribution in [3.8, 4) is 5.75 Å². The number of aryl methyl sites for hydroxylation is 1. The van der Waals surface area contributed by atoms with Crippen LogP contribution in [-0.4, -0.2) is 47.1 Å². The van der Waals surface area contributed by atoms with E-state index in [0.29, 0.717) is 36.2 Å². The van der Waals surface area contributed by atoms with E-state index in [1.807, 2.05) is 0 Å². The normalized spacial score (nSPS) is 17.2. The zero-order valence-corrected chi connectivity index (χ0v) is 14.2. The molecule has 1 N–H and O–H groups in total. The van der Waals surface area contributed by atoms with Crippen LogP contribution in [0.3, 0.4) is 0 Å². The van der Waals surface area contributed by atoms with Gasteiger partial charge in [-0.05, 0) is 31.9 Å². The van der Waals surface area contributed by atoms with Gasteiger partial charge in [0.25, 0.3) is 0 Å². The predicted octanol–water partition coefficient (Wildman–Crippen LogP) is 1.73. The Labute approximate surface area is 145 Å². The summed E-state index contributed by atoms with van der Waals surface area (Å²) in [5.41, 5.74) is 0.462. The third kappa shape index (κ3) is 3.78. The van der Waals surface area contributed by atoms with E-state index >= 15 is 0 Å². The molecule has 0 radical (unpaired) electrons. The number of nitrogens with one attached hydrogen (secondary N) is 1. The van der Waals surface area contributed by atoms with Crippen LogP contribution in [0.5, 0.6) is 5.75 Å². The minimum atomic E-state index is -0.688. The molecule has 0 aliphatic carbocycles. The smallest absolute Gasteiger partial charge is 0.314 e. The SMILES string of the molecule is COc1ccccc1NC(=O)C(=O)N1CCCC(c2nc(C)no2)C1. The average molecular weight is 344 g/mol. The molecule has 1 saturated heterocycles. The zero-order valence-electron chi connectivity index (χ0n) is 14.2. The number of carbonyl (C=O) groups excluding carboxylic acids is 2. The molecule has 2 amide bonds. The van der Waals surface area contributed by atoms with Crippen LogP contribution in [0.25, 0.3) is 0 Å². The molecule has 132 valence electrons. The van der Waals surface area contributed by atoms with Gasteiger partial charge < -0.3 is 19.5 Å². The number of hydrogen-bond donors (Lipinski definition) is 1. The van der Waals surface area contributed by atoms with Crippen molar-refractivity contribution in [1.82, 2.24) is 15.0 Å². The monoisotopic (exact) mass is 344 g/mol. The van der Waals surface area contributed by atoms with Crippen molar-refractivity contribution in [2.45, 2.75) is 25.7 Å². The lowest BCUT2D eigenvalue weighted by Gasteiger charge is -2.30. The van der Waals surface area contributed by atoms with Gasteiger partial charge in [0.2, 0.25) is 5.89 Å². The van der Waals surface area contributed by atoms with E-state index < -0.39 is 11.8 Å². The molecule has 1 unspecified atom stereocenters. The van der Waals surface area contributed by atoms with Crippen molar-refractivity contribution >= 4 is 17.5 Å². The van der Waals surface area contributed by atoms with Gasteiger partial charge >= 0.3 is 11.8 Å². The lowest BCUT2D eigenvalue weighted by molar-refractivity contribution is -0.144. The second-order valence-electron chi connectivity index (χ2n) is 5.92. The fourth-order valence-corrected chi connectivity index (χ4v) is 2.91. The highest BCUT2D eigenvalue weighted by Crippen LogP contribution is 2.26. The van der Waals surface area contributed by atoms with Crippen molar-refractivity contribution in [3.05, 3.63) is 36.0 Å². The summed E-state index contributed by atoms with van der Waals surface area (Å²) in [6, 6.07) is 6.95. The molecule has 1 aliphatic heterocycles. The van der Waals surface area contributed by atoms with Crippen LogP contribution in [0.4, 0.5) is 5.69 Å². The molecule has 8 nitrogen and oxygen atoms in total. The summed E-state index contributed by atoms with van der Waals surface area (Å²) in [4.78, 5) is 30.6. The molecule has 2 aromatic rings. The number of piperidine rings is 1. The number of likely N-dealkylation sites (tertiary alicyclic amines) is 1. The number of para-hydroxylation sites is 2. The molecule has 0 spiro atoms. The van der Waals surface area contributed by atoms with Crippen molar-refractivity contribution in [3.63, 3.8) is 0 Å². The molecule has 0 bridgehead atoms. The lowest BCUT2D eigenvalue weighted by Crippen LogP contribution is -2.44. The van der Waals surface area contributed by atoms with Gasteiger partial charge in [-0.25, -0.2) is 0 Å². The molecule has 1 aromatic heterocycles. The van der Waals surface area contributed by atoms with Crippen LogP contribution >= 0.6 is 0 Å². The van der Waals surface area contributed by atoms with Crippen LogP contribution in [0, 0.1) is 6.92 Å². The quantitative estimate of drug-likeness (QED) is 0.852. The van der Waals surface area contributed by atoms with Gasteiger partial charge in [0, 0.05) is 13.1 Å². The van der Waals surface area contributed by atoms with Crippen molar-refractivity contribution in [2.24, 2.45) is 0 Å². The Morgan fingerprint density at radius 2 is 2.16 bits per heavy atom. The summed E-state index contributed by atoms with van der Waals surface area (Å²) in [6.45, 7) is 2.67. The van der Waals surface area contributed by atoms with Crippen LogP contribution in [0.1, 0.15) is 30.5 Å². The minimum Gasteiger partial charge on any atom is -0.495 e. The Morgan fingerprint density at radius 3 is 2.88 bits per heavy atom. The molecule has 1 fully saturated rings. The van der Waals surface area contributed by atoms with Gasteiger partial charge in [0.15, 0.2) is 5.82 Å². The lowest BCUT2D eigenvalue weighted by atomic mass is 9.98. The fourth-order valence-electron chi connectivity index (χ4n) is 2.91. The molecule has 8 heteroatoms. The van der Waals surface area contributed by atoms with E-state index in [9.17, 15) is 9.59 Å². The molecule has 25 heavy (non-hydrogen) atoms. The highest BCUT2D eigenvalue weighted by molar-refractivity contribution is 6.39. The first kappa shape index (κ1) is 16.9. The van der Waals surface area contributed by atoms with E-state index in [1.54, 1.807) is 31.2 Å². The predicted molar refractivity (Wildman–Crippen MR) is 89.2 cm³/mol. The van der Waals surface area contributed by atoms with Crippen molar-refractivity contribution in [1.29, 1.82) is 0 Å². The first-order valence-electron chi connectivity index (χ1n) is 8.12. The number of methoxy groups -OCH3 is 1. The van der Waals surface area contributed by atoms with Gasteiger partial charge in [-0.1, -0.05) is 17.3 Å². The summed E-state index contributed by atoms with van der Waals surface area (Å²) in [5, 5.41) is 6.40. The van der Waals surface area contributed by atoms with E-state index in [4.69, 9.17) is 9.26 Å². The molecule has 1 aromatic carbocycles. The van der Waals surface area contributed by atoms with E-state index in [-0.39, 0.29) is 5.92 Å². The first-order chi connectivity index (χ1) is 12.1. The maximum atomic E-state index is 12.5. The van der Waals surface area contributed by atoms with Gasteiger partial charge in [-0.2, -0.15) is 4.98 Å². The van der Waals surface area contributed by atoms with E-state index in [0.717, 1.165) is 12.8 Å². The Balaban J connectivity index is 1.66. The number of ether oxygens (including phenoxy) is 1. The van der Waals surface area contributed by atoms with Crippen molar-refractivity contribution in [2.75, 3.05) is 25.5 Å². The number of rotatable bonds is 3. The van der Waals surface area contributed by atoms with E-state index in [2.05, 4.69) is 15.5 Å². The third-order valence-electron chi connectivity index (χ3n) is 4.15. The number of amides is 2. The van der Waals surface area contributed by atoms with Gasteiger partial charge in [-0.15, -0.1) is 0 Å². The topological polar surface area (TPSA) is 97.6 Å². The summed E-state index contributed by atoms with van der Waals surface area (Å²) in [5.74, 6) is 0.269. The second kappa shape index (κ2) is 7.33. The molecule has 3 rings (SSSR count). The van der Waals surface area contributed by atoms with Crippen LogP contribution < -0.4 is 10.1 Å².